The Balaban J connectivity index is 1.40. The highest BCUT2D eigenvalue weighted by Gasteiger charge is 2.50. The Hall–Kier alpha value is -4.30. The second kappa shape index (κ2) is 15.0. The van der Waals surface area contributed by atoms with E-state index in [1.807, 2.05) is 11.0 Å². The minimum absolute atomic E-state index is 0.0470. The molecule has 17 heteroatoms. The lowest BCUT2D eigenvalue weighted by Crippen LogP contribution is -2.44. The highest BCUT2D eigenvalue weighted by Crippen LogP contribution is 2.47. The number of hydrogen-bond donors (Lipinski definition) is 1. The summed E-state index contributed by atoms with van der Waals surface area (Å²) in [7, 11) is 0. The molecule has 294 valence electrons. The standard InChI is InChI=1S/C38H40F7N7O2S/c1-3-52(24-7-10-50(18-24)35(53)20-11-22(40)12-20)34-27-14-29(38(43,44)45)30(25-6-5-21(39)13-26(25)28(16-46)33(47)55-2)31(42)32(27)48-36(49-34)54-19-37-8-4-9-51(37)17-23(41)15-37/h5-6,13-14,20,22-24H,3-4,7-12,15,17-19,47H2,1-2H3/b33-28-. The molecule has 7 rings (SSSR count). The highest BCUT2D eigenvalue weighted by molar-refractivity contribution is 8.02. The molecular formula is C38H40F7N7O2S. The molecule has 3 atom stereocenters. The number of nitriles is 1. The highest BCUT2D eigenvalue weighted by atomic mass is 32.2. The second-order valence-electron chi connectivity index (χ2n) is 14.7. The maximum absolute atomic E-state index is 17.3. The van der Waals surface area contributed by atoms with E-state index in [2.05, 4.69) is 9.97 Å². The van der Waals surface area contributed by atoms with Gasteiger partial charge in [-0.3, -0.25) is 9.69 Å². The third-order valence-electron chi connectivity index (χ3n) is 11.5. The first-order valence-corrected chi connectivity index (χ1v) is 19.5. The molecule has 0 spiro atoms. The van der Waals surface area contributed by atoms with Gasteiger partial charge in [-0.2, -0.15) is 28.4 Å². The normalized spacial score (nSPS) is 25.8. The number of carbonyl (C=O) groups is 1. The minimum atomic E-state index is -5.16. The number of halogens is 7. The summed E-state index contributed by atoms with van der Waals surface area (Å²) in [5.41, 5.74) is 1.32. The van der Waals surface area contributed by atoms with Crippen LogP contribution in [0.3, 0.4) is 0 Å². The summed E-state index contributed by atoms with van der Waals surface area (Å²) in [6, 6.07) is 4.43. The molecule has 4 heterocycles. The van der Waals surface area contributed by atoms with Crippen LogP contribution in [0.2, 0.25) is 0 Å². The number of amides is 1. The number of thioether (sulfide) groups is 1. The van der Waals surface area contributed by atoms with Crippen molar-refractivity contribution in [2.45, 2.75) is 75.5 Å². The minimum Gasteiger partial charge on any atom is -0.461 e. The van der Waals surface area contributed by atoms with Crippen LogP contribution in [0.25, 0.3) is 27.6 Å². The molecule has 2 N–H and O–H groups in total. The summed E-state index contributed by atoms with van der Waals surface area (Å²) in [5.74, 6) is -2.99. The second-order valence-corrected chi connectivity index (χ2v) is 15.6. The molecule has 3 saturated heterocycles. The molecule has 4 fully saturated rings. The van der Waals surface area contributed by atoms with Crippen molar-refractivity contribution < 1.29 is 40.3 Å². The van der Waals surface area contributed by atoms with E-state index in [0.29, 0.717) is 25.9 Å². The molecule has 1 aromatic heterocycles. The number of hydrogen-bond acceptors (Lipinski definition) is 9. The summed E-state index contributed by atoms with van der Waals surface area (Å²) < 4.78 is 112. The van der Waals surface area contributed by atoms with E-state index in [-0.39, 0.29) is 84.8 Å². The van der Waals surface area contributed by atoms with Crippen molar-refractivity contribution in [3.63, 3.8) is 0 Å². The molecule has 4 aliphatic rings. The Kier molecular flexibility index (Phi) is 10.6. The fraction of sp³-hybridized carbons (Fsp3) is 0.526. The number of rotatable bonds is 10. The zero-order valence-corrected chi connectivity index (χ0v) is 31.1. The number of likely N-dealkylation sites (tertiary alicyclic amines) is 1. The van der Waals surface area contributed by atoms with Gasteiger partial charge in [0.15, 0.2) is 5.82 Å². The van der Waals surface area contributed by atoms with Crippen molar-refractivity contribution in [2.75, 3.05) is 50.5 Å². The molecular weight excluding hydrogens is 752 g/mol. The lowest BCUT2D eigenvalue weighted by atomic mass is 9.82. The van der Waals surface area contributed by atoms with Gasteiger partial charge in [-0.05, 0) is 75.6 Å². The van der Waals surface area contributed by atoms with Gasteiger partial charge < -0.3 is 20.3 Å². The van der Waals surface area contributed by atoms with Gasteiger partial charge >= 0.3 is 12.2 Å². The number of likely N-dealkylation sites (N-methyl/N-ethyl adjacent to an activating group) is 1. The molecule has 55 heavy (non-hydrogen) atoms. The predicted octanol–water partition coefficient (Wildman–Crippen LogP) is 7.24. The van der Waals surface area contributed by atoms with E-state index in [0.717, 1.165) is 42.4 Å². The maximum Gasteiger partial charge on any atom is 0.417 e. The molecule has 0 radical (unpaired) electrons. The van der Waals surface area contributed by atoms with Gasteiger partial charge in [0, 0.05) is 61.1 Å². The van der Waals surface area contributed by atoms with Crippen molar-refractivity contribution in [1.82, 2.24) is 19.8 Å². The Morgan fingerprint density at radius 2 is 1.91 bits per heavy atom. The largest absolute Gasteiger partial charge is 0.461 e. The quantitative estimate of drug-likeness (QED) is 0.168. The summed E-state index contributed by atoms with van der Waals surface area (Å²) in [6.45, 7) is 3.30. The number of carbonyl (C=O) groups excluding carboxylic acids is 1. The van der Waals surface area contributed by atoms with Crippen molar-refractivity contribution in [1.29, 1.82) is 5.26 Å². The van der Waals surface area contributed by atoms with Crippen LogP contribution in [0.4, 0.5) is 36.6 Å². The number of fused-ring (bicyclic) bond motifs is 2. The topological polar surface area (TPSA) is 112 Å². The number of nitrogens with zero attached hydrogens (tertiary/aromatic N) is 6. The van der Waals surface area contributed by atoms with Crippen molar-refractivity contribution >= 4 is 40.0 Å². The fourth-order valence-corrected chi connectivity index (χ4v) is 9.05. The molecule has 3 unspecified atom stereocenters. The molecule has 1 aliphatic carbocycles. The Labute approximate surface area is 317 Å². The Morgan fingerprint density at radius 3 is 2.58 bits per heavy atom. The van der Waals surface area contributed by atoms with E-state index >= 15 is 17.6 Å². The van der Waals surface area contributed by atoms with Crippen LogP contribution < -0.4 is 15.4 Å². The van der Waals surface area contributed by atoms with E-state index in [1.54, 1.807) is 16.7 Å². The molecule has 0 bridgehead atoms. The molecule has 2 aromatic carbocycles. The van der Waals surface area contributed by atoms with Gasteiger partial charge in [0.05, 0.1) is 21.7 Å². The van der Waals surface area contributed by atoms with Crippen molar-refractivity contribution in [3.8, 4) is 23.2 Å². The van der Waals surface area contributed by atoms with Gasteiger partial charge in [-0.25, -0.2) is 17.6 Å². The monoisotopic (exact) mass is 791 g/mol. The van der Waals surface area contributed by atoms with Crippen LogP contribution >= 0.6 is 11.8 Å². The number of nitrogens with two attached hydrogens (primary N) is 1. The zero-order chi connectivity index (χ0) is 39.4. The van der Waals surface area contributed by atoms with Crippen molar-refractivity contribution in [2.24, 2.45) is 11.7 Å². The number of ether oxygens (including phenoxy) is 1. The zero-order valence-electron chi connectivity index (χ0n) is 30.2. The number of benzene rings is 2. The molecule has 1 amide bonds. The maximum atomic E-state index is 17.3. The van der Waals surface area contributed by atoms with Gasteiger partial charge in [0.2, 0.25) is 5.91 Å². The molecule has 3 aliphatic heterocycles. The van der Waals surface area contributed by atoms with E-state index < -0.39 is 69.9 Å². The molecule has 3 aromatic rings. The van der Waals surface area contributed by atoms with Crippen LogP contribution in [0.1, 0.15) is 56.6 Å². The van der Waals surface area contributed by atoms with E-state index in [9.17, 15) is 23.2 Å². The first-order chi connectivity index (χ1) is 26.2. The van der Waals surface area contributed by atoms with Crippen molar-refractivity contribution in [3.05, 3.63) is 52.1 Å². The number of anilines is 1. The third kappa shape index (κ3) is 7.16. The third-order valence-corrected chi connectivity index (χ3v) is 12.1. The van der Waals surface area contributed by atoms with Crippen LogP contribution in [0.15, 0.2) is 29.3 Å². The first kappa shape index (κ1) is 39.0. The van der Waals surface area contributed by atoms with Gasteiger partial charge in [0.1, 0.15) is 42.2 Å². The lowest BCUT2D eigenvalue weighted by Gasteiger charge is -2.34. The predicted molar refractivity (Wildman–Crippen MR) is 194 cm³/mol. The van der Waals surface area contributed by atoms with Gasteiger partial charge in [-0.15, -0.1) is 11.8 Å². The summed E-state index contributed by atoms with van der Waals surface area (Å²) >= 11 is 0.916. The van der Waals surface area contributed by atoms with E-state index in [1.165, 1.54) is 6.26 Å². The lowest BCUT2D eigenvalue weighted by molar-refractivity contribution is -0.139. The summed E-state index contributed by atoms with van der Waals surface area (Å²) in [5, 5.41) is 9.56. The molecule has 9 nitrogen and oxygen atoms in total. The van der Waals surface area contributed by atoms with E-state index in [4.69, 9.17) is 10.5 Å². The molecule has 1 saturated carbocycles. The number of aromatic nitrogens is 2. The van der Waals surface area contributed by atoms with Crippen LogP contribution in [0, 0.1) is 28.9 Å². The van der Waals surface area contributed by atoms with Crippen LogP contribution in [-0.4, -0.2) is 95.2 Å². The summed E-state index contributed by atoms with van der Waals surface area (Å²) in [6.07, 6.45) is -3.38. The van der Waals surface area contributed by atoms with Crippen LogP contribution in [0.5, 0.6) is 6.01 Å². The first-order valence-electron chi connectivity index (χ1n) is 18.2. The average Bonchev–Trinajstić information content (AvgIpc) is 3.85. The van der Waals surface area contributed by atoms with Gasteiger partial charge in [0.25, 0.3) is 0 Å². The Bertz CT molecular complexity index is 2070. The number of alkyl halides is 5. The number of allylic oxidation sites excluding steroid dienone is 1. The Morgan fingerprint density at radius 1 is 1.15 bits per heavy atom. The van der Waals surface area contributed by atoms with Crippen LogP contribution in [-0.2, 0) is 11.0 Å². The van der Waals surface area contributed by atoms with Gasteiger partial charge in [-0.1, -0.05) is 6.07 Å². The SMILES string of the molecule is CCN(c1nc(OCC23CCCN2CC(F)C3)nc2c(F)c(-c3ccc(F)cc3/C(C#N)=C(/N)SC)c(C(F)(F)F)cc12)C1CCN(C(=O)C2CC(F)C2)C1. The average molecular weight is 792 g/mol. The smallest absolute Gasteiger partial charge is 0.417 e. The fourth-order valence-electron chi connectivity index (χ4n) is 8.69. The summed E-state index contributed by atoms with van der Waals surface area (Å²) in [4.78, 5) is 27.4.